The van der Waals surface area contributed by atoms with E-state index in [-0.39, 0.29) is 85.3 Å². The molecule has 8 aromatic rings. The van der Waals surface area contributed by atoms with Gasteiger partial charge in [0.25, 0.3) is 0 Å². The molecule has 6 nitrogen and oxygen atoms in total. The second-order valence-electron chi connectivity index (χ2n) is 9.38. The van der Waals surface area contributed by atoms with Crippen molar-refractivity contribution in [1.82, 2.24) is 0 Å². The zero-order valence-electron chi connectivity index (χ0n) is 28.2. The van der Waals surface area contributed by atoms with Gasteiger partial charge < -0.3 is 28.7 Å². The third kappa shape index (κ3) is 28.8. The quantitative estimate of drug-likeness (QED) is 0.116. The van der Waals surface area contributed by atoms with E-state index in [0.717, 1.165) is 0 Å². The van der Waals surface area contributed by atoms with Gasteiger partial charge in [0, 0.05) is 0 Å². The first kappa shape index (κ1) is 54.0. The van der Waals surface area contributed by atoms with Crippen LogP contribution in [0.2, 0.25) is 0 Å². The first-order valence-electron chi connectivity index (χ1n) is 15.2. The first-order valence-corrected chi connectivity index (χ1v) is 15.2. The van der Waals surface area contributed by atoms with Gasteiger partial charge in [0.05, 0.1) is 0 Å². The average Bonchev–Trinajstić information content (AvgIpc) is 3.98. The predicted octanol–water partition coefficient (Wildman–Crippen LogP) is 7.46. The molecule has 0 aromatic heterocycles. The summed E-state index contributed by atoms with van der Waals surface area (Å²) in [6.45, 7) is 0. The van der Waals surface area contributed by atoms with Crippen LogP contribution in [0, 0.1) is 0 Å². The Kier molecular flexibility index (Phi) is 37.7. The van der Waals surface area contributed by atoms with Gasteiger partial charge in [0.15, 0.2) is 0 Å². The molecular weight excluding hydrogens is 877 g/mol. The van der Waals surface area contributed by atoms with Gasteiger partial charge in [-0.05, 0) is 23.0 Å². The second kappa shape index (κ2) is 37.0. The molecule has 0 N–H and O–H groups in total. The van der Waals surface area contributed by atoms with Crippen LogP contribution in [0.25, 0.3) is 0 Å². The van der Waals surface area contributed by atoms with E-state index in [0.29, 0.717) is 23.0 Å². The molecule has 8 rings (SSSR count). The molecule has 0 saturated carbocycles. The molecule has 13 heteroatoms. The third-order valence-corrected chi connectivity index (χ3v) is 5.68. The zero-order valence-corrected chi connectivity index (χ0v) is 33.7. The van der Waals surface area contributed by atoms with Crippen LogP contribution in [0.4, 0.5) is 0 Å². The van der Waals surface area contributed by atoms with Crippen molar-refractivity contribution in [3.8, 4) is 23.0 Å². The van der Waals surface area contributed by atoms with Crippen molar-refractivity contribution in [3.05, 3.63) is 218 Å². The molecule has 0 aliphatic rings. The summed E-state index contributed by atoms with van der Waals surface area (Å²) in [6, 6.07) is 68.0. The summed E-state index contributed by atoms with van der Waals surface area (Å²) in [5.41, 5.74) is 0. The van der Waals surface area contributed by atoms with Gasteiger partial charge in [-0.1, -0.05) is 0 Å². The fraction of sp³-hybridized carbons (Fsp3) is 0. The molecule has 53 heavy (non-hydrogen) atoms. The summed E-state index contributed by atoms with van der Waals surface area (Å²) in [4.78, 5) is 0. The molecular formula is C40H36B2Fe5O6. The van der Waals surface area contributed by atoms with Crippen molar-refractivity contribution in [2.24, 2.45) is 0 Å². The molecule has 0 amide bonds. The maximum absolute atomic E-state index is 11.2. The normalized spacial score (nSPS) is 8.19. The summed E-state index contributed by atoms with van der Waals surface area (Å²) in [5, 5.41) is 22.4. The van der Waals surface area contributed by atoms with Gasteiger partial charge in [0.1, 0.15) is 0 Å². The predicted molar refractivity (Wildman–Crippen MR) is 190 cm³/mol. The van der Waals surface area contributed by atoms with Crippen LogP contribution in [0.5, 0.6) is 23.0 Å². The second-order valence-corrected chi connectivity index (χ2v) is 9.38. The van der Waals surface area contributed by atoms with Crippen molar-refractivity contribution in [1.29, 1.82) is 0 Å². The van der Waals surface area contributed by atoms with Gasteiger partial charge in [0.2, 0.25) is 0 Å². The van der Waals surface area contributed by atoms with E-state index in [4.69, 9.17) is 18.6 Å². The molecule has 0 bridgehead atoms. The van der Waals surface area contributed by atoms with E-state index in [1.54, 1.807) is 97.1 Å². The van der Waals surface area contributed by atoms with E-state index in [2.05, 4.69) is 0 Å². The molecule has 0 aliphatic carbocycles. The number of hydrogen-bond acceptors (Lipinski definition) is 6. The van der Waals surface area contributed by atoms with E-state index >= 15 is 0 Å². The zero-order chi connectivity index (χ0) is 33.7. The van der Waals surface area contributed by atoms with Crippen LogP contribution >= 0.6 is 0 Å². The van der Waals surface area contributed by atoms with Crippen LogP contribution in [0.15, 0.2) is 218 Å². The molecule has 0 heterocycles. The van der Waals surface area contributed by atoms with E-state index in [1.165, 1.54) is 0 Å². The van der Waals surface area contributed by atoms with Gasteiger partial charge in [-0.2, -0.15) is 121 Å². The minimum atomic E-state index is -1.51. The Morgan fingerprint density at radius 3 is 0.604 bits per heavy atom. The molecule has 0 atom stereocenters. The summed E-state index contributed by atoms with van der Waals surface area (Å²) in [5.74, 6) is 2.10. The van der Waals surface area contributed by atoms with Crippen LogP contribution in [-0.2, 0) is 85.3 Å². The minimum Gasteiger partial charge on any atom is -0.808 e. The largest absolute Gasteiger partial charge is 2.00 e. The fourth-order valence-corrected chi connectivity index (χ4v) is 3.52. The Morgan fingerprint density at radius 2 is 0.491 bits per heavy atom. The SMILES string of the molecule is [Fe+2].[Fe+2].[Fe+2].[Fe+2].[Fe+2].[O-]B(Oc1ccc[cH-]1)Oc1ccc[cH-]1.[O-]B(Oc1ccc[cH-]1)Oc1ccc[cH-]1.c1cc[cH-]c1.c1cc[cH-]c1.c1cc[cH-]c1.c1cc[cH-]c1. The topological polar surface area (TPSA) is 83.0 Å². The standard InChI is InChI=1S/2C10H8BO3.4C5H5.5Fe/c2*12-11(13-9-5-1-2-6-9)14-10-7-3-4-8-10;4*1-2-4-5-3-1;;;;;/h2*1-8H;4*1-5H;;;;;/q2*-3;4*-1;5*+2. The Hall–Kier alpha value is -3.35. The third-order valence-electron chi connectivity index (χ3n) is 5.68. The summed E-state index contributed by atoms with van der Waals surface area (Å²) in [7, 11) is -3.03. The van der Waals surface area contributed by atoms with E-state index in [9.17, 15) is 10.0 Å². The van der Waals surface area contributed by atoms with Crippen LogP contribution in [0.3, 0.4) is 0 Å². The fourth-order valence-electron chi connectivity index (χ4n) is 3.52. The Balaban J connectivity index is -0.000000593. The molecule has 278 valence electrons. The van der Waals surface area contributed by atoms with Gasteiger partial charge >= 0.3 is 100.0 Å². The Morgan fingerprint density at radius 1 is 0.302 bits per heavy atom. The molecule has 0 spiro atoms. The Labute approximate surface area is 367 Å². The summed E-state index contributed by atoms with van der Waals surface area (Å²) in [6.07, 6.45) is 0. The van der Waals surface area contributed by atoms with Crippen LogP contribution in [-0.4, -0.2) is 14.6 Å². The molecule has 0 aliphatic heterocycles. The molecule has 0 radical (unpaired) electrons. The minimum absolute atomic E-state index is 0. The average molecular weight is 914 g/mol. The van der Waals surface area contributed by atoms with Gasteiger partial charge in [-0.25, -0.2) is 72.8 Å². The monoisotopic (exact) mass is 914 g/mol. The van der Waals surface area contributed by atoms with Crippen molar-refractivity contribution in [2.75, 3.05) is 0 Å². The molecule has 0 saturated heterocycles. The van der Waals surface area contributed by atoms with Gasteiger partial charge in [-0.3, -0.25) is 0 Å². The first-order chi connectivity index (χ1) is 23.7. The number of hydrogen-bond donors (Lipinski definition) is 0. The smallest absolute Gasteiger partial charge is 0.808 e. The molecule has 0 fully saturated rings. The Bertz CT molecular complexity index is 1320. The maximum atomic E-state index is 11.2. The number of rotatable bonds is 8. The van der Waals surface area contributed by atoms with E-state index in [1.807, 2.05) is 121 Å². The van der Waals surface area contributed by atoms with Crippen molar-refractivity contribution >= 4 is 14.6 Å². The van der Waals surface area contributed by atoms with Crippen molar-refractivity contribution in [3.63, 3.8) is 0 Å². The van der Waals surface area contributed by atoms with E-state index < -0.39 is 14.6 Å². The summed E-state index contributed by atoms with van der Waals surface area (Å²) >= 11 is 0. The van der Waals surface area contributed by atoms with Crippen molar-refractivity contribution in [2.45, 2.75) is 0 Å². The molecule has 8 aromatic carbocycles. The molecule has 0 unspecified atom stereocenters. The summed E-state index contributed by atoms with van der Waals surface area (Å²) < 4.78 is 19.8. The van der Waals surface area contributed by atoms with Gasteiger partial charge in [-0.15, -0.1) is 24.3 Å². The maximum Gasteiger partial charge on any atom is 2.00 e. The van der Waals surface area contributed by atoms with Crippen LogP contribution in [0.1, 0.15) is 0 Å². The van der Waals surface area contributed by atoms with Crippen LogP contribution < -0.4 is 28.7 Å². The van der Waals surface area contributed by atoms with Crippen molar-refractivity contribution < 1.29 is 114 Å².